The zero-order valence-corrected chi connectivity index (χ0v) is 14.2. The first-order valence-electron chi connectivity index (χ1n) is 8.14. The van der Waals surface area contributed by atoms with Crippen LogP contribution >= 0.6 is 0 Å². The topological polar surface area (TPSA) is 56.1 Å². The Morgan fingerprint density at radius 1 is 1.12 bits per heavy atom. The predicted octanol–water partition coefficient (Wildman–Crippen LogP) is 3.01. The highest BCUT2D eigenvalue weighted by Crippen LogP contribution is 2.09. The molecule has 0 aliphatic carbocycles. The number of carbonyl (C=O) groups excluding carboxylic acids is 1. The summed E-state index contributed by atoms with van der Waals surface area (Å²) >= 11 is 0. The van der Waals surface area contributed by atoms with Crippen molar-refractivity contribution < 1.29 is 9.53 Å². The highest BCUT2D eigenvalue weighted by molar-refractivity contribution is 5.94. The molecule has 0 aliphatic rings. The normalized spacial score (nSPS) is 10.6. The van der Waals surface area contributed by atoms with Gasteiger partial charge in [-0.1, -0.05) is 36.4 Å². The molecular weight excluding hydrogens is 314 g/mol. The molecule has 0 aliphatic heterocycles. The standard InChI is InChI=1S/C20H21N3O2/c1-25-14-18-3-2-4-19(11-18)20(24)22-12-16-5-7-17(8-6-16)13-23-10-9-21-15-23/h2-11,15H,12-14H2,1H3,(H,22,24). The number of benzene rings is 2. The van der Waals surface area contributed by atoms with Gasteiger partial charge in [-0.15, -0.1) is 0 Å². The number of nitrogens with zero attached hydrogens (tertiary/aromatic N) is 2. The van der Waals surface area contributed by atoms with Crippen LogP contribution in [-0.2, 0) is 24.4 Å². The van der Waals surface area contributed by atoms with E-state index >= 15 is 0 Å². The van der Waals surface area contributed by atoms with Crippen LogP contribution in [0.4, 0.5) is 0 Å². The number of imidazole rings is 1. The SMILES string of the molecule is COCc1cccc(C(=O)NCc2ccc(Cn3ccnc3)cc2)c1. The first-order chi connectivity index (χ1) is 12.2. The van der Waals surface area contributed by atoms with Gasteiger partial charge in [-0.05, 0) is 28.8 Å². The summed E-state index contributed by atoms with van der Waals surface area (Å²) in [7, 11) is 1.64. The van der Waals surface area contributed by atoms with E-state index in [4.69, 9.17) is 4.74 Å². The molecule has 3 rings (SSSR count). The van der Waals surface area contributed by atoms with Gasteiger partial charge >= 0.3 is 0 Å². The van der Waals surface area contributed by atoms with E-state index in [1.165, 1.54) is 5.56 Å². The molecule has 0 unspecified atom stereocenters. The Morgan fingerprint density at radius 2 is 1.92 bits per heavy atom. The number of aromatic nitrogens is 2. The number of hydrogen-bond acceptors (Lipinski definition) is 3. The average molecular weight is 335 g/mol. The molecule has 1 amide bonds. The van der Waals surface area contributed by atoms with Crippen LogP contribution in [0.2, 0.25) is 0 Å². The van der Waals surface area contributed by atoms with Gasteiger partial charge in [-0.2, -0.15) is 0 Å². The van der Waals surface area contributed by atoms with Gasteiger partial charge in [0.05, 0.1) is 12.9 Å². The van der Waals surface area contributed by atoms with Gasteiger partial charge in [0.2, 0.25) is 0 Å². The summed E-state index contributed by atoms with van der Waals surface area (Å²) < 4.78 is 7.12. The fraction of sp³-hybridized carbons (Fsp3) is 0.200. The van der Waals surface area contributed by atoms with Crippen molar-refractivity contribution in [2.75, 3.05) is 7.11 Å². The summed E-state index contributed by atoms with van der Waals surface area (Å²) in [6.07, 6.45) is 5.50. The number of amides is 1. The molecule has 0 radical (unpaired) electrons. The summed E-state index contributed by atoms with van der Waals surface area (Å²) in [5.41, 5.74) is 3.89. The van der Waals surface area contributed by atoms with Crippen molar-refractivity contribution in [3.05, 3.63) is 89.5 Å². The van der Waals surface area contributed by atoms with Gasteiger partial charge in [0.15, 0.2) is 0 Å². The van der Waals surface area contributed by atoms with E-state index in [0.29, 0.717) is 18.7 Å². The second-order valence-corrected chi connectivity index (χ2v) is 5.87. The van der Waals surface area contributed by atoms with E-state index in [2.05, 4.69) is 22.4 Å². The van der Waals surface area contributed by atoms with Crippen LogP contribution in [0.5, 0.6) is 0 Å². The first kappa shape index (κ1) is 16.9. The van der Waals surface area contributed by atoms with E-state index in [1.807, 2.05) is 47.2 Å². The van der Waals surface area contributed by atoms with Crippen LogP contribution in [0.3, 0.4) is 0 Å². The Labute approximate surface area is 147 Å². The third-order valence-electron chi connectivity index (χ3n) is 3.90. The molecule has 0 saturated carbocycles. The lowest BCUT2D eigenvalue weighted by Crippen LogP contribution is -2.22. The van der Waals surface area contributed by atoms with Crippen molar-refractivity contribution in [3.63, 3.8) is 0 Å². The third-order valence-corrected chi connectivity index (χ3v) is 3.90. The van der Waals surface area contributed by atoms with Crippen molar-refractivity contribution in [2.45, 2.75) is 19.7 Å². The molecule has 1 N–H and O–H groups in total. The minimum atomic E-state index is -0.0829. The maximum absolute atomic E-state index is 12.3. The van der Waals surface area contributed by atoms with E-state index in [-0.39, 0.29) is 5.91 Å². The van der Waals surface area contributed by atoms with Gasteiger partial charge in [0.1, 0.15) is 0 Å². The lowest BCUT2D eigenvalue weighted by molar-refractivity contribution is 0.0950. The Kier molecular flexibility index (Phi) is 5.59. The second kappa shape index (κ2) is 8.26. The van der Waals surface area contributed by atoms with Gasteiger partial charge < -0.3 is 14.6 Å². The van der Waals surface area contributed by atoms with Crippen molar-refractivity contribution in [2.24, 2.45) is 0 Å². The molecule has 0 spiro atoms. The molecule has 0 saturated heterocycles. The summed E-state index contributed by atoms with van der Waals surface area (Å²) in [5.74, 6) is -0.0829. The predicted molar refractivity (Wildman–Crippen MR) is 96.1 cm³/mol. The summed E-state index contributed by atoms with van der Waals surface area (Å²) in [5, 5.41) is 2.95. The number of methoxy groups -OCH3 is 1. The van der Waals surface area contributed by atoms with Crippen LogP contribution in [-0.4, -0.2) is 22.6 Å². The summed E-state index contributed by atoms with van der Waals surface area (Å²) in [4.78, 5) is 16.3. The fourth-order valence-electron chi connectivity index (χ4n) is 2.61. The quantitative estimate of drug-likeness (QED) is 0.722. The molecule has 0 atom stereocenters. The van der Waals surface area contributed by atoms with Crippen molar-refractivity contribution in [1.82, 2.24) is 14.9 Å². The van der Waals surface area contributed by atoms with Crippen molar-refractivity contribution in [1.29, 1.82) is 0 Å². The number of hydrogen-bond donors (Lipinski definition) is 1. The molecule has 0 fully saturated rings. The van der Waals surface area contributed by atoms with Gasteiger partial charge in [-0.3, -0.25) is 4.79 Å². The van der Waals surface area contributed by atoms with E-state index < -0.39 is 0 Å². The maximum Gasteiger partial charge on any atom is 0.251 e. The molecule has 1 aromatic heterocycles. The molecule has 2 aromatic carbocycles. The fourth-order valence-corrected chi connectivity index (χ4v) is 2.61. The Morgan fingerprint density at radius 3 is 2.64 bits per heavy atom. The highest BCUT2D eigenvalue weighted by Gasteiger charge is 2.06. The zero-order valence-electron chi connectivity index (χ0n) is 14.2. The minimum Gasteiger partial charge on any atom is -0.380 e. The van der Waals surface area contributed by atoms with Crippen molar-refractivity contribution in [3.8, 4) is 0 Å². The monoisotopic (exact) mass is 335 g/mol. The lowest BCUT2D eigenvalue weighted by atomic mass is 10.1. The van der Waals surface area contributed by atoms with E-state index in [9.17, 15) is 4.79 Å². The molecule has 25 heavy (non-hydrogen) atoms. The summed E-state index contributed by atoms with van der Waals surface area (Å²) in [6.45, 7) is 1.79. The molecule has 3 aromatic rings. The highest BCUT2D eigenvalue weighted by atomic mass is 16.5. The largest absolute Gasteiger partial charge is 0.380 e. The maximum atomic E-state index is 12.3. The number of ether oxygens (including phenoxy) is 1. The van der Waals surface area contributed by atoms with Crippen LogP contribution in [0, 0.1) is 0 Å². The lowest BCUT2D eigenvalue weighted by Gasteiger charge is -2.08. The molecule has 5 heteroatoms. The second-order valence-electron chi connectivity index (χ2n) is 5.87. The van der Waals surface area contributed by atoms with Crippen LogP contribution in [0.15, 0.2) is 67.3 Å². The zero-order chi connectivity index (χ0) is 17.5. The van der Waals surface area contributed by atoms with Gasteiger partial charge in [-0.25, -0.2) is 4.98 Å². The molecule has 1 heterocycles. The van der Waals surface area contributed by atoms with Gasteiger partial charge in [0, 0.05) is 38.2 Å². The Balaban J connectivity index is 1.56. The minimum absolute atomic E-state index is 0.0829. The Hall–Kier alpha value is -2.92. The molecular formula is C20H21N3O2. The smallest absolute Gasteiger partial charge is 0.251 e. The van der Waals surface area contributed by atoms with Gasteiger partial charge in [0.25, 0.3) is 5.91 Å². The number of rotatable bonds is 7. The average Bonchev–Trinajstić information content (AvgIpc) is 3.14. The third kappa shape index (κ3) is 4.78. The molecule has 0 bridgehead atoms. The molecule has 128 valence electrons. The molecule has 5 nitrogen and oxygen atoms in total. The van der Waals surface area contributed by atoms with Crippen molar-refractivity contribution >= 4 is 5.91 Å². The van der Waals surface area contributed by atoms with Crippen LogP contribution < -0.4 is 5.32 Å². The first-order valence-corrected chi connectivity index (χ1v) is 8.14. The Bertz CT molecular complexity index is 811. The van der Waals surface area contributed by atoms with E-state index in [1.54, 1.807) is 19.6 Å². The van der Waals surface area contributed by atoms with E-state index in [0.717, 1.165) is 17.7 Å². The number of nitrogens with one attached hydrogen (secondary N) is 1. The van der Waals surface area contributed by atoms with Crippen LogP contribution in [0.1, 0.15) is 27.0 Å². The number of carbonyl (C=O) groups is 1. The summed E-state index contributed by atoms with van der Waals surface area (Å²) in [6, 6.07) is 15.7. The van der Waals surface area contributed by atoms with Crippen LogP contribution in [0.25, 0.3) is 0 Å².